The first-order chi connectivity index (χ1) is 12.6. The third-order valence-electron chi connectivity index (χ3n) is 10.6. The second kappa shape index (κ2) is 5.83. The minimum absolute atomic E-state index is 0.00197. The number of fused-ring (bicyclic) bond motifs is 2. The lowest BCUT2D eigenvalue weighted by Crippen LogP contribution is -2.51. The van der Waals surface area contributed by atoms with Gasteiger partial charge in [-0.25, -0.2) is 0 Å². The van der Waals surface area contributed by atoms with Crippen LogP contribution in [-0.4, -0.2) is 18.0 Å². The van der Waals surface area contributed by atoms with Gasteiger partial charge in [0.05, 0.1) is 5.60 Å². The lowest BCUT2D eigenvalue weighted by atomic mass is 9.48. The summed E-state index contributed by atoms with van der Waals surface area (Å²) in [6.07, 6.45) is 13.9. The van der Waals surface area contributed by atoms with Crippen LogP contribution in [0.25, 0.3) is 0 Å². The van der Waals surface area contributed by atoms with E-state index >= 15 is 0 Å². The molecule has 0 aromatic rings. The van der Waals surface area contributed by atoms with Gasteiger partial charge in [0.25, 0.3) is 0 Å². The van der Waals surface area contributed by atoms with E-state index in [0.717, 1.165) is 36.5 Å². The van der Waals surface area contributed by atoms with Crippen molar-refractivity contribution in [2.24, 2.45) is 39.9 Å². The van der Waals surface area contributed by atoms with Crippen molar-refractivity contribution < 1.29 is 9.53 Å². The molecule has 6 fully saturated rings. The lowest BCUT2D eigenvalue weighted by molar-refractivity contribution is -0.157. The Kier molecular flexibility index (Phi) is 4.03. The molecule has 0 heterocycles. The van der Waals surface area contributed by atoms with E-state index in [1.54, 1.807) is 0 Å². The van der Waals surface area contributed by atoms with Crippen LogP contribution in [0.15, 0.2) is 0 Å². The SMILES string of the molecule is CC1(C)[C@H]2CC[C@@](C)(OCC(=O)C34CC5CC(CC(C5)C3)C4)C[C@@]1(C)CC2. The van der Waals surface area contributed by atoms with E-state index in [4.69, 9.17) is 4.74 Å². The summed E-state index contributed by atoms with van der Waals surface area (Å²) in [5.41, 5.74) is 0.641. The molecule has 152 valence electrons. The molecule has 0 saturated heterocycles. The molecule has 2 nitrogen and oxygen atoms in total. The highest BCUT2D eigenvalue weighted by molar-refractivity contribution is 5.86. The van der Waals surface area contributed by atoms with Gasteiger partial charge in [0.15, 0.2) is 5.78 Å². The Balaban J connectivity index is 1.28. The molecule has 6 saturated carbocycles. The first-order valence-corrected chi connectivity index (χ1v) is 11.8. The fraction of sp³-hybridized carbons (Fsp3) is 0.960. The second-order valence-electron chi connectivity index (χ2n) is 12.6. The maximum absolute atomic E-state index is 13.4. The first-order valence-electron chi connectivity index (χ1n) is 11.8. The standard InChI is InChI=1S/C25H40O2/c1-22(2)20-5-7-23(22,3)16-24(4,8-6-20)27-15-21(26)25-12-17-9-18(13-25)11-19(10-17)14-25/h17-20H,5-16H2,1-4H3/t17?,18?,19?,20-,23-,24-,25?/m1/s1. The van der Waals surface area contributed by atoms with Crippen LogP contribution in [0, 0.1) is 39.9 Å². The minimum atomic E-state index is -0.112. The van der Waals surface area contributed by atoms with Gasteiger partial charge in [-0.2, -0.15) is 0 Å². The Hall–Kier alpha value is -0.370. The van der Waals surface area contributed by atoms with E-state index in [1.807, 2.05) is 0 Å². The Bertz CT molecular complexity index is 599. The number of carbonyl (C=O) groups is 1. The quantitative estimate of drug-likeness (QED) is 0.589. The highest BCUT2D eigenvalue weighted by Gasteiger charge is 2.57. The van der Waals surface area contributed by atoms with Crippen LogP contribution in [0.4, 0.5) is 0 Å². The molecular weight excluding hydrogens is 332 g/mol. The van der Waals surface area contributed by atoms with E-state index in [-0.39, 0.29) is 11.0 Å². The largest absolute Gasteiger partial charge is 0.367 e. The summed E-state index contributed by atoms with van der Waals surface area (Å²) in [6.45, 7) is 10.1. The fourth-order valence-electron chi connectivity index (χ4n) is 8.85. The van der Waals surface area contributed by atoms with Crippen LogP contribution in [0.2, 0.25) is 0 Å². The summed E-state index contributed by atoms with van der Waals surface area (Å²) in [7, 11) is 0. The average Bonchev–Trinajstić information content (AvgIpc) is 2.74. The van der Waals surface area contributed by atoms with Gasteiger partial charge < -0.3 is 4.74 Å². The minimum Gasteiger partial charge on any atom is -0.367 e. The van der Waals surface area contributed by atoms with Gasteiger partial charge in [-0.15, -0.1) is 0 Å². The molecule has 0 N–H and O–H groups in total. The van der Waals surface area contributed by atoms with Crippen LogP contribution >= 0.6 is 0 Å². The molecule has 0 amide bonds. The van der Waals surface area contributed by atoms with Crippen LogP contribution in [0.5, 0.6) is 0 Å². The summed E-state index contributed by atoms with van der Waals surface area (Å²) < 4.78 is 6.56. The highest BCUT2D eigenvalue weighted by Crippen LogP contribution is 2.64. The molecule has 6 aliphatic carbocycles. The van der Waals surface area contributed by atoms with Crippen LogP contribution in [0.3, 0.4) is 0 Å². The molecule has 6 rings (SSSR count). The predicted molar refractivity (Wildman–Crippen MR) is 108 cm³/mol. The molecule has 6 bridgehead atoms. The Morgan fingerprint density at radius 3 is 2.04 bits per heavy atom. The Morgan fingerprint density at radius 1 is 0.889 bits per heavy atom. The molecule has 0 aliphatic heterocycles. The molecular formula is C25H40O2. The molecule has 2 heteroatoms. The summed E-state index contributed by atoms with van der Waals surface area (Å²) in [5, 5.41) is 0. The number of hydrogen-bond donors (Lipinski definition) is 0. The maximum Gasteiger partial charge on any atom is 0.164 e. The molecule has 0 spiro atoms. The number of rotatable bonds is 4. The Labute approximate surface area is 166 Å². The molecule has 0 unspecified atom stereocenters. The van der Waals surface area contributed by atoms with Crippen LogP contribution < -0.4 is 0 Å². The number of hydrogen-bond acceptors (Lipinski definition) is 2. The van der Waals surface area contributed by atoms with Crippen molar-refractivity contribution in [3.63, 3.8) is 0 Å². The van der Waals surface area contributed by atoms with Gasteiger partial charge in [0, 0.05) is 5.41 Å². The van der Waals surface area contributed by atoms with Crippen molar-refractivity contribution in [2.45, 2.75) is 104 Å². The van der Waals surface area contributed by atoms with E-state index in [2.05, 4.69) is 27.7 Å². The number of ether oxygens (including phenoxy) is 1. The molecule has 3 atom stereocenters. The zero-order valence-corrected chi connectivity index (χ0v) is 18.1. The molecule has 0 aromatic carbocycles. The topological polar surface area (TPSA) is 26.3 Å². The molecule has 6 aliphatic rings. The summed E-state index contributed by atoms with van der Waals surface area (Å²) in [6, 6.07) is 0. The van der Waals surface area contributed by atoms with E-state index in [0.29, 0.717) is 23.2 Å². The van der Waals surface area contributed by atoms with Crippen LogP contribution in [-0.2, 0) is 9.53 Å². The summed E-state index contributed by atoms with van der Waals surface area (Å²) in [4.78, 5) is 13.4. The van der Waals surface area contributed by atoms with Gasteiger partial charge in [-0.3, -0.25) is 4.79 Å². The van der Waals surface area contributed by atoms with Crippen molar-refractivity contribution >= 4 is 5.78 Å². The molecule has 0 radical (unpaired) electrons. The predicted octanol–water partition coefficient (Wildman–Crippen LogP) is 6.17. The first kappa shape index (κ1) is 18.6. The monoisotopic (exact) mass is 372 g/mol. The summed E-state index contributed by atoms with van der Waals surface area (Å²) in [5.74, 6) is 3.80. The van der Waals surface area contributed by atoms with Crippen molar-refractivity contribution in [2.75, 3.05) is 6.61 Å². The zero-order chi connectivity index (χ0) is 19.1. The van der Waals surface area contributed by atoms with Crippen molar-refractivity contribution in [3.8, 4) is 0 Å². The smallest absolute Gasteiger partial charge is 0.164 e. The molecule has 0 aromatic heterocycles. The fourth-order valence-corrected chi connectivity index (χ4v) is 8.85. The van der Waals surface area contributed by atoms with Gasteiger partial charge in [0.2, 0.25) is 0 Å². The van der Waals surface area contributed by atoms with E-state index in [1.165, 1.54) is 57.8 Å². The third kappa shape index (κ3) is 2.79. The van der Waals surface area contributed by atoms with Crippen molar-refractivity contribution in [1.82, 2.24) is 0 Å². The number of ketones is 1. The average molecular weight is 373 g/mol. The highest BCUT2D eigenvalue weighted by atomic mass is 16.5. The Morgan fingerprint density at radius 2 is 1.44 bits per heavy atom. The van der Waals surface area contributed by atoms with Gasteiger partial charge >= 0.3 is 0 Å². The number of carbonyl (C=O) groups excluding carboxylic acids is 1. The van der Waals surface area contributed by atoms with Crippen molar-refractivity contribution in [3.05, 3.63) is 0 Å². The third-order valence-corrected chi connectivity index (χ3v) is 10.6. The van der Waals surface area contributed by atoms with E-state index < -0.39 is 0 Å². The van der Waals surface area contributed by atoms with Crippen LogP contribution in [0.1, 0.15) is 98.3 Å². The van der Waals surface area contributed by atoms with Gasteiger partial charge in [-0.1, -0.05) is 20.8 Å². The lowest BCUT2D eigenvalue weighted by Gasteiger charge is -2.56. The van der Waals surface area contributed by atoms with Gasteiger partial charge in [-0.05, 0) is 112 Å². The number of Topliss-reactive ketones (excluding diaryl/α,β-unsaturated/α-hetero) is 1. The van der Waals surface area contributed by atoms with Gasteiger partial charge in [0.1, 0.15) is 6.61 Å². The van der Waals surface area contributed by atoms with Crippen molar-refractivity contribution in [1.29, 1.82) is 0 Å². The zero-order valence-electron chi connectivity index (χ0n) is 18.1. The summed E-state index contributed by atoms with van der Waals surface area (Å²) >= 11 is 0. The normalized spacial score (nSPS) is 52.7. The maximum atomic E-state index is 13.4. The second-order valence-corrected chi connectivity index (χ2v) is 12.6. The van der Waals surface area contributed by atoms with E-state index in [9.17, 15) is 4.79 Å². The molecule has 27 heavy (non-hydrogen) atoms.